The maximum atomic E-state index is 13.1. The van der Waals surface area contributed by atoms with Gasteiger partial charge in [-0.1, -0.05) is 65.7 Å². The molecule has 5 heteroatoms. The lowest BCUT2D eigenvalue weighted by Crippen LogP contribution is -2.54. The molecule has 1 fully saturated rings. The van der Waals surface area contributed by atoms with E-state index in [1.165, 1.54) is 16.3 Å². The van der Waals surface area contributed by atoms with E-state index in [0.717, 1.165) is 19.5 Å². The summed E-state index contributed by atoms with van der Waals surface area (Å²) in [5, 5.41) is 6.81. The summed E-state index contributed by atoms with van der Waals surface area (Å²) in [4.78, 5) is 15.0. The molecular weight excluding hydrogens is 379 g/mol. The predicted octanol–water partition coefficient (Wildman–Crippen LogP) is 4.80. The second-order valence-electron chi connectivity index (χ2n) is 6.90. The fourth-order valence-corrected chi connectivity index (χ4v) is 4.22. The summed E-state index contributed by atoms with van der Waals surface area (Å²) in [6, 6.07) is 19.9. The number of carbonyl (C=O) groups is 1. The summed E-state index contributed by atoms with van der Waals surface area (Å²) >= 11 is 12.2. The Morgan fingerprint density at radius 2 is 1.74 bits per heavy atom. The van der Waals surface area contributed by atoms with Gasteiger partial charge in [0.1, 0.15) is 0 Å². The number of nitrogens with zero attached hydrogens (tertiary/aromatic N) is 1. The first-order chi connectivity index (χ1) is 13.1. The average molecular weight is 399 g/mol. The van der Waals surface area contributed by atoms with Crippen LogP contribution in [0, 0.1) is 0 Å². The van der Waals surface area contributed by atoms with Crippen LogP contribution < -0.4 is 5.32 Å². The molecule has 1 amide bonds. The van der Waals surface area contributed by atoms with Crippen LogP contribution >= 0.6 is 23.2 Å². The summed E-state index contributed by atoms with van der Waals surface area (Å²) in [6.45, 7) is 2.22. The normalized spacial score (nSPS) is 17.3. The number of carbonyl (C=O) groups excluding carboxylic acids is 1. The van der Waals surface area contributed by atoms with Crippen LogP contribution in [-0.4, -0.2) is 36.5 Å². The number of rotatable bonds is 3. The number of hydrogen-bond donors (Lipinski definition) is 1. The molecule has 27 heavy (non-hydrogen) atoms. The molecule has 1 atom stereocenters. The van der Waals surface area contributed by atoms with E-state index in [0.29, 0.717) is 22.2 Å². The molecule has 3 aromatic rings. The number of nitrogens with one attached hydrogen (secondary N) is 1. The van der Waals surface area contributed by atoms with Gasteiger partial charge in [-0.2, -0.15) is 0 Å². The fraction of sp³-hybridized carbons (Fsp3) is 0.227. The highest BCUT2D eigenvalue weighted by molar-refractivity contribution is 6.35. The van der Waals surface area contributed by atoms with E-state index >= 15 is 0 Å². The third-order valence-electron chi connectivity index (χ3n) is 5.01. The number of hydrogen-bond acceptors (Lipinski definition) is 2. The van der Waals surface area contributed by atoms with Crippen LogP contribution in [0.5, 0.6) is 0 Å². The first-order valence-electron chi connectivity index (χ1n) is 9.05. The van der Waals surface area contributed by atoms with Crippen molar-refractivity contribution in [2.75, 3.05) is 19.6 Å². The van der Waals surface area contributed by atoms with Gasteiger partial charge in [0.15, 0.2) is 0 Å². The highest BCUT2D eigenvalue weighted by Crippen LogP contribution is 2.23. The first kappa shape index (κ1) is 18.3. The van der Waals surface area contributed by atoms with Crippen LogP contribution in [0.3, 0.4) is 0 Å². The monoisotopic (exact) mass is 398 g/mol. The summed E-state index contributed by atoms with van der Waals surface area (Å²) in [6.07, 6.45) is 0.803. The Labute approximate surface area is 168 Å². The SMILES string of the molecule is O=C(c1cc(Cl)cc(Cl)c1)N1CCNC[C@H]1Cc1ccc2ccccc2c1. The van der Waals surface area contributed by atoms with Crippen LogP contribution in [0.15, 0.2) is 60.7 Å². The highest BCUT2D eigenvalue weighted by atomic mass is 35.5. The smallest absolute Gasteiger partial charge is 0.254 e. The molecule has 138 valence electrons. The Morgan fingerprint density at radius 3 is 2.52 bits per heavy atom. The lowest BCUT2D eigenvalue weighted by Gasteiger charge is -2.36. The van der Waals surface area contributed by atoms with E-state index in [-0.39, 0.29) is 11.9 Å². The minimum Gasteiger partial charge on any atom is -0.333 e. The van der Waals surface area contributed by atoms with Crippen molar-refractivity contribution < 1.29 is 4.79 Å². The van der Waals surface area contributed by atoms with Crippen LogP contribution in [-0.2, 0) is 6.42 Å². The molecule has 1 aliphatic rings. The minimum absolute atomic E-state index is 0.0216. The lowest BCUT2D eigenvalue weighted by molar-refractivity contribution is 0.0636. The largest absolute Gasteiger partial charge is 0.333 e. The number of benzene rings is 3. The van der Waals surface area contributed by atoms with Gasteiger partial charge in [0, 0.05) is 41.3 Å². The molecule has 0 saturated carbocycles. The fourth-order valence-electron chi connectivity index (χ4n) is 3.69. The van der Waals surface area contributed by atoms with E-state index in [1.54, 1.807) is 18.2 Å². The van der Waals surface area contributed by atoms with Crippen LogP contribution in [0.2, 0.25) is 10.0 Å². The molecular formula is C22H20Cl2N2O. The van der Waals surface area contributed by atoms with Gasteiger partial charge in [-0.25, -0.2) is 0 Å². The lowest BCUT2D eigenvalue weighted by atomic mass is 9.99. The maximum Gasteiger partial charge on any atom is 0.254 e. The predicted molar refractivity (Wildman–Crippen MR) is 112 cm³/mol. The summed E-state index contributed by atoms with van der Waals surface area (Å²) < 4.78 is 0. The third kappa shape index (κ3) is 4.11. The summed E-state index contributed by atoms with van der Waals surface area (Å²) in [7, 11) is 0. The van der Waals surface area contributed by atoms with Crippen LogP contribution in [0.4, 0.5) is 0 Å². The molecule has 0 radical (unpaired) electrons. The number of amides is 1. The summed E-state index contributed by atoms with van der Waals surface area (Å²) in [5.41, 5.74) is 1.77. The van der Waals surface area contributed by atoms with E-state index in [9.17, 15) is 4.79 Å². The Hall–Kier alpha value is -2.07. The third-order valence-corrected chi connectivity index (χ3v) is 5.44. The zero-order valence-electron chi connectivity index (χ0n) is 14.8. The average Bonchev–Trinajstić information content (AvgIpc) is 2.67. The van der Waals surface area contributed by atoms with Gasteiger partial charge >= 0.3 is 0 Å². The van der Waals surface area contributed by atoms with Crippen molar-refractivity contribution in [2.24, 2.45) is 0 Å². The molecule has 0 unspecified atom stereocenters. The Morgan fingerprint density at radius 1 is 1.00 bits per heavy atom. The van der Waals surface area contributed by atoms with Gasteiger partial charge in [-0.05, 0) is 41.0 Å². The van der Waals surface area contributed by atoms with Crippen molar-refractivity contribution in [1.29, 1.82) is 0 Å². The van der Waals surface area contributed by atoms with E-state index in [1.807, 2.05) is 17.0 Å². The van der Waals surface area contributed by atoms with E-state index in [4.69, 9.17) is 23.2 Å². The molecule has 1 heterocycles. The zero-order valence-corrected chi connectivity index (χ0v) is 16.3. The second kappa shape index (κ2) is 7.89. The van der Waals surface area contributed by atoms with Crippen molar-refractivity contribution in [3.8, 4) is 0 Å². The minimum atomic E-state index is -0.0216. The number of fused-ring (bicyclic) bond motifs is 1. The number of piperazine rings is 1. The maximum absolute atomic E-state index is 13.1. The van der Waals surface area contributed by atoms with Crippen LogP contribution in [0.25, 0.3) is 10.8 Å². The zero-order chi connectivity index (χ0) is 18.8. The van der Waals surface area contributed by atoms with Crippen molar-refractivity contribution in [1.82, 2.24) is 10.2 Å². The molecule has 3 aromatic carbocycles. The Kier molecular flexibility index (Phi) is 5.35. The van der Waals surface area contributed by atoms with E-state index in [2.05, 4.69) is 35.6 Å². The van der Waals surface area contributed by atoms with Crippen molar-refractivity contribution in [3.05, 3.63) is 81.8 Å². The van der Waals surface area contributed by atoms with E-state index < -0.39 is 0 Å². The second-order valence-corrected chi connectivity index (χ2v) is 7.77. The molecule has 0 aliphatic carbocycles. The topological polar surface area (TPSA) is 32.3 Å². The van der Waals surface area contributed by atoms with Gasteiger partial charge in [0.05, 0.1) is 0 Å². The van der Waals surface area contributed by atoms with Gasteiger partial charge in [-0.15, -0.1) is 0 Å². The Bertz CT molecular complexity index is 969. The molecule has 0 spiro atoms. The van der Waals surface area contributed by atoms with Gasteiger partial charge < -0.3 is 10.2 Å². The Balaban J connectivity index is 1.58. The van der Waals surface area contributed by atoms with Gasteiger partial charge in [-0.3, -0.25) is 4.79 Å². The van der Waals surface area contributed by atoms with Crippen molar-refractivity contribution in [3.63, 3.8) is 0 Å². The molecule has 0 bridgehead atoms. The summed E-state index contributed by atoms with van der Waals surface area (Å²) in [5.74, 6) is -0.0216. The van der Waals surface area contributed by atoms with Crippen molar-refractivity contribution >= 4 is 39.9 Å². The molecule has 1 aliphatic heterocycles. The van der Waals surface area contributed by atoms with Crippen LogP contribution in [0.1, 0.15) is 15.9 Å². The molecule has 1 saturated heterocycles. The molecule has 0 aromatic heterocycles. The van der Waals surface area contributed by atoms with Crippen molar-refractivity contribution in [2.45, 2.75) is 12.5 Å². The molecule has 4 rings (SSSR count). The van der Waals surface area contributed by atoms with Gasteiger partial charge in [0.2, 0.25) is 0 Å². The standard InChI is InChI=1S/C22H20Cl2N2O/c23-19-11-18(12-20(24)13-19)22(27)26-8-7-25-14-21(26)10-15-5-6-16-3-1-2-4-17(16)9-15/h1-6,9,11-13,21,25H,7-8,10,14H2/t21-/m1/s1. The first-order valence-corrected chi connectivity index (χ1v) is 9.81. The quantitative estimate of drug-likeness (QED) is 0.686. The number of halogens is 2. The molecule has 3 nitrogen and oxygen atoms in total. The van der Waals surface area contributed by atoms with Gasteiger partial charge in [0.25, 0.3) is 5.91 Å². The molecule has 1 N–H and O–H groups in total. The highest BCUT2D eigenvalue weighted by Gasteiger charge is 2.28.